The van der Waals surface area contributed by atoms with Crippen LogP contribution in [0, 0.1) is 5.92 Å². The molecule has 0 spiro atoms. The number of piperidine rings is 1. The molecule has 17 heavy (non-hydrogen) atoms. The van der Waals surface area contributed by atoms with Crippen LogP contribution in [-0.4, -0.2) is 63.4 Å². The standard InChI is InChI=1S/C11H20N2O3.ClH/c1-15-6-4-13-5-7-16-10-8-12-3-2-9(10)11(13)14;/h9-10,12H,2-8H2,1H3;1H/t9-,10+;/m1./s1. The number of nitrogens with one attached hydrogen (secondary N) is 1. The van der Waals surface area contributed by atoms with E-state index in [2.05, 4.69) is 5.32 Å². The van der Waals surface area contributed by atoms with Gasteiger partial charge in [-0.2, -0.15) is 0 Å². The highest BCUT2D eigenvalue weighted by Gasteiger charge is 2.36. The number of carbonyl (C=O) groups excluding carboxylic acids is 1. The van der Waals surface area contributed by atoms with Crippen LogP contribution in [0.3, 0.4) is 0 Å². The van der Waals surface area contributed by atoms with Gasteiger partial charge in [-0.25, -0.2) is 0 Å². The average molecular weight is 265 g/mol. The van der Waals surface area contributed by atoms with Crippen LogP contribution in [-0.2, 0) is 14.3 Å². The van der Waals surface area contributed by atoms with Crippen molar-refractivity contribution >= 4 is 18.3 Å². The van der Waals surface area contributed by atoms with Gasteiger partial charge < -0.3 is 19.7 Å². The summed E-state index contributed by atoms with van der Waals surface area (Å²) in [7, 11) is 1.66. The lowest BCUT2D eigenvalue weighted by Gasteiger charge is -2.30. The van der Waals surface area contributed by atoms with Gasteiger partial charge in [-0.3, -0.25) is 4.79 Å². The van der Waals surface area contributed by atoms with Gasteiger partial charge in [0.2, 0.25) is 5.91 Å². The molecule has 2 saturated heterocycles. The minimum absolute atomic E-state index is 0. The number of hydrogen-bond acceptors (Lipinski definition) is 4. The molecule has 0 radical (unpaired) electrons. The van der Waals surface area contributed by atoms with Crippen LogP contribution in [0.4, 0.5) is 0 Å². The second kappa shape index (κ2) is 7.16. The highest BCUT2D eigenvalue weighted by Crippen LogP contribution is 2.21. The first-order chi connectivity index (χ1) is 7.83. The van der Waals surface area contributed by atoms with Crippen LogP contribution in [0.5, 0.6) is 0 Å². The zero-order chi connectivity index (χ0) is 11.4. The molecule has 1 N–H and O–H groups in total. The van der Waals surface area contributed by atoms with Crippen molar-refractivity contribution < 1.29 is 14.3 Å². The molecule has 0 saturated carbocycles. The van der Waals surface area contributed by atoms with Crippen molar-refractivity contribution in [2.24, 2.45) is 5.92 Å². The molecule has 2 atom stereocenters. The molecule has 0 aromatic carbocycles. The van der Waals surface area contributed by atoms with Gasteiger partial charge in [-0.1, -0.05) is 0 Å². The van der Waals surface area contributed by atoms with Crippen molar-refractivity contribution in [3.63, 3.8) is 0 Å². The summed E-state index contributed by atoms with van der Waals surface area (Å²) in [5, 5.41) is 3.27. The fraction of sp³-hybridized carbons (Fsp3) is 0.909. The van der Waals surface area contributed by atoms with Crippen LogP contribution in [0.15, 0.2) is 0 Å². The number of nitrogens with zero attached hydrogens (tertiary/aromatic N) is 1. The van der Waals surface area contributed by atoms with E-state index in [0.29, 0.717) is 26.3 Å². The Labute approximate surface area is 108 Å². The maximum Gasteiger partial charge on any atom is 0.228 e. The largest absolute Gasteiger partial charge is 0.383 e. The first-order valence-corrected chi connectivity index (χ1v) is 5.93. The molecule has 0 unspecified atom stereocenters. The highest BCUT2D eigenvalue weighted by atomic mass is 35.5. The normalized spacial score (nSPS) is 29.2. The monoisotopic (exact) mass is 264 g/mol. The lowest BCUT2D eigenvalue weighted by molar-refractivity contribution is -0.138. The Morgan fingerprint density at radius 2 is 2.41 bits per heavy atom. The van der Waals surface area contributed by atoms with E-state index >= 15 is 0 Å². The predicted molar refractivity (Wildman–Crippen MR) is 66.4 cm³/mol. The van der Waals surface area contributed by atoms with Gasteiger partial charge in [0.15, 0.2) is 0 Å². The van der Waals surface area contributed by atoms with E-state index in [1.807, 2.05) is 4.90 Å². The maximum absolute atomic E-state index is 12.2. The summed E-state index contributed by atoms with van der Waals surface area (Å²) in [4.78, 5) is 14.1. The highest BCUT2D eigenvalue weighted by molar-refractivity contribution is 5.85. The Bertz CT molecular complexity index is 253. The Morgan fingerprint density at radius 1 is 1.59 bits per heavy atom. The van der Waals surface area contributed by atoms with E-state index in [1.54, 1.807) is 7.11 Å². The van der Waals surface area contributed by atoms with Crippen molar-refractivity contribution in [2.45, 2.75) is 12.5 Å². The first kappa shape index (κ1) is 14.7. The topological polar surface area (TPSA) is 50.8 Å². The Hall–Kier alpha value is -0.360. The molecule has 2 aliphatic heterocycles. The number of amides is 1. The molecular weight excluding hydrogens is 244 g/mol. The summed E-state index contributed by atoms with van der Waals surface area (Å²) in [5.74, 6) is 0.279. The number of hydrogen-bond donors (Lipinski definition) is 1. The lowest BCUT2D eigenvalue weighted by Crippen LogP contribution is -2.47. The van der Waals surface area contributed by atoms with Crippen molar-refractivity contribution in [3.05, 3.63) is 0 Å². The van der Waals surface area contributed by atoms with Gasteiger partial charge in [-0.05, 0) is 13.0 Å². The lowest BCUT2D eigenvalue weighted by atomic mass is 9.94. The first-order valence-electron chi connectivity index (χ1n) is 5.93. The molecule has 2 heterocycles. The summed E-state index contributed by atoms with van der Waals surface area (Å²) in [5.41, 5.74) is 0. The van der Waals surface area contributed by atoms with Gasteiger partial charge in [-0.15, -0.1) is 12.4 Å². The molecule has 2 fully saturated rings. The molecule has 0 aromatic heterocycles. The van der Waals surface area contributed by atoms with E-state index in [4.69, 9.17) is 9.47 Å². The molecule has 0 bridgehead atoms. The third-order valence-electron chi connectivity index (χ3n) is 3.31. The third-order valence-corrected chi connectivity index (χ3v) is 3.31. The average Bonchev–Trinajstić information content (AvgIpc) is 2.47. The molecule has 6 heteroatoms. The summed E-state index contributed by atoms with van der Waals surface area (Å²) in [6.07, 6.45) is 0.946. The van der Waals surface area contributed by atoms with Crippen LogP contribution in [0.1, 0.15) is 6.42 Å². The van der Waals surface area contributed by atoms with Gasteiger partial charge >= 0.3 is 0 Å². The van der Waals surface area contributed by atoms with Crippen molar-refractivity contribution in [2.75, 3.05) is 46.5 Å². The molecule has 100 valence electrons. The van der Waals surface area contributed by atoms with Crippen LogP contribution < -0.4 is 5.32 Å². The zero-order valence-electron chi connectivity index (χ0n) is 10.2. The van der Waals surface area contributed by atoms with Crippen molar-refractivity contribution in [3.8, 4) is 0 Å². The molecular formula is C11H21ClN2O3. The Morgan fingerprint density at radius 3 is 3.18 bits per heavy atom. The molecule has 5 nitrogen and oxygen atoms in total. The van der Waals surface area contributed by atoms with E-state index in [0.717, 1.165) is 19.5 Å². The minimum Gasteiger partial charge on any atom is -0.383 e. The SMILES string of the molecule is COCCN1CCO[C@H]2CNCC[C@H]2C1=O.Cl. The number of fused-ring (bicyclic) bond motifs is 1. The molecule has 0 aliphatic carbocycles. The van der Waals surface area contributed by atoms with E-state index in [1.165, 1.54) is 0 Å². The predicted octanol–water partition coefficient (Wildman–Crippen LogP) is -0.108. The molecule has 1 amide bonds. The maximum atomic E-state index is 12.2. The second-order valence-corrected chi connectivity index (χ2v) is 4.33. The fourth-order valence-electron chi connectivity index (χ4n) is 2.37. The number of halogens is 1. The number of ether oxygens (including phenoxy) is 2. The Balaban J connectivity index is 0.00000144. The van der Waals surface area contributed by atoms with Gasteiger partial charge in [0, 0.05) is 26.7 Å². The molecule has 2 aliphatic rings. The number of carbonyl (C=O) groups is 1. The van der Waals surface area contributed by atoms with Crippen LogP contribution >= 0.6 is 12.4 Å². The Kier molecular flexibility index (Phi) is 6.19. The van der Waals surface area contributed by atoms with E-state index < -0.39 is 0 Å². The van der Waals surface area contributed by atoms with E-state index in [-0.39, 0.29) is 30.3 Å². The molecule has 0 aromatic rings. The number of rotatable bonds is 3. The minimum atomic E-state index is 0. The van der Waals surface area contributed by atoms with Crippen LogP contribution in [0.25, 0.3) is 0 Å². The number of methoxy groups -OCH3 is 1. The summed E-state index contributed by atoms with van der Waals surface area (Å²) < 4.78 is 10.7. The van der Waals surface area contributed by atoms with Crippen molar-refractivity contribution in [1.82, 2.24) is 10.2 Å². The molecule has 2 rings (SSSR count). The van der Waals surface area contributed by atoms with Gasteiger partial charge in [0.25, 0.3) is 0 Å². The van der Waals surface area contributed by atoms with Crippen LogP contribution in [0.2, 0.25) is 0 Å². The smallest absolute Gasteiger partial charge is 0.228 e. The zero-order valence-corrected chi connectivity index (χ0v) is 11.0. The van der Waals surface area contributed by atoms with Crippen molar-refractivity contribution in [1.29, 1.82) is 0 Å². The third kappa shape index (κ3) is 3.55. The fourth-order valence-corrected chi connectivity index (χ4v) is 2.37. The van der Waals surface area contributed by atoms with Gasteiger partial charge in [0.1, 0.15) is 0 Å². The summed E-state index contributed by atoms with van der Waals surface area (Å²) in [6.45, 7) is 4.31. The summed E-state index contributed by atoms with van der Waals surface area (Å²) in [6, 6.07) is 0. The van der Waals surface area contributed by atoms with Gasteiger partial charge in [0.05, 0.1) is 25.2 Å². The quantitative estimate of drug-likeness (QED) is 0.773. The second-order valence-electron chi connectivity index (χ2n) is 4.33. The van der Waals surface area contributed by atoms with E-state index in [9.17, 15) is 4.79 Å². The summed E-state index contributed by atoms with van der Waals surface area (Å²) >= 11 is 0.